The molecule has 0 radical (unpaired) electrons. The first-order chi connectivity index (χ1) is 27.0. The number of ether oxygens (including phenoxy) is 2. The molecule has 1 saturated carbocycles. The molecule has 306 valence electrons. The zero-order valence-corrected chi connectivity index (χ0v) is 33.4. The van der Waals surface area contributed by atoms with E-state index in [1.807, 2.05) is 50.0 Å². The van der Waals surface area contributed by atoms with Gasteiger partial charge in [-0.15, -0.1) is 0 Å². The molecule has 2 amide bonds. The van der Waals surface area contributed by atoms with Crippen LogP contribution in [-0.2, 0) is 25.6 Å². The van der Waals surface area contributed by atoms with Gasteiger partial charge in [-0.25, -0.2) is 9.18 Å². The van der Waals surface area contributed by atoms with Gasteiger partial charge in [0.2, 0.25) is 5.91 Å². The highest BCUT2D eigenvalue weighted by Crippen LogP contribution is 2.28. The first-order valence-corrected chi connectivity index (χ1v) is 20.8. The lowest BCUT2D eigenvalue weighted by Crippen LogP contribution is -2.52. The maximum atomic E-state index is 15.1. The summed E-state index contributed by atoms with van der Waals surface area (Å²) in [5.41, 5.74) is 2.04. The Morgan fingerprint density at radius 2 is 1.64 bits per heavy atom. The van der Waals surface area contributed by atoms with Crippen molar-refractivity contribution in [1.29, 1.82) is 0 Å². The molecule has 4 aliphatic rings. The van der Waals surface area contributed by atoms with Crippen molar-refractivity contribution in [3.05, 3.63) is 65.8 Å². The Bertz CT molecular complexity index is 1660. The Morgan fingerprint density at radius 1 is 0.929 bits per heavy atom. The largest absolute Gasteiger partial charge is 0.457 e. The minimum absolute atomic E-state index is 0.00792. The highest BCUT2D eigenvalue weighted by molar-refractivity contribution is 5.76. The van der Waals surface area contributed by atoms with Crippen LogP contribution in [0.3, 0.4) is 0 Å². The lowest BCUT2D eigenvalue weighted by Gasteiger charge is -2.39. The van der Waals surface area contributed by atoms with Crippen LogP contribution in [0.1, 0.15) is 84.1 Å². The molecule has 12 nitrogen and oxygen atoms in total. The van der Waals surface area contributed by atoms with Gasteiger partial charge >= 0.3 is 12.1 Å². The second-order valence-electron chi connectivity index (χ2n) is 16.3. The predicted molar refractivity (Wildman–Crippen MR) is 213 cm³/mol. The fourth-order valence-corrected chi connectivity index (χ4v) is 8.59. The van der Waals surface area contributed by atoms with Crippen LogP contribution in [0, 0.1) is 17.7 Å². The summed E-state index contributed by atoms with van der Waals surface area (Å²) in [6.07, 6.45) is 15.1. The van der Waals surface area contributed by atoms with Crippen molar-refractivity contribution in [2.45, 2.75) is 109 Å². The molecule has 3 fully saturated rings. The van der Waals surface area contributed by atoms with Gasteiger partial charge in [0.15, 0.2) is 0 Å². The first kappa shape index (κ1) is 41.4. The Hall–Kier alpha value is -4.23. The van der Waals surface area contributed by atoms with Gasteiger partial charge in [-0.1, -0.05) is 51.7 Å². The van der Waals surface area contributed by atoms with E-state index >= 15 is 4.39 Å². The number of benzene rings is 1. The van der Waals surface area contributed by atoms with Gasteiger partial charge in [0, 0.05) is 82.4 Å². The molecule has 0 unspecified atom stereocenters. The minimum atomic E-state index is -0.894. The van der Waals surface area contributed by atoms with Crippen LogP contribution < -0.4 is 4.90 Å². The summed E-state index contributed by atoms with van der Waals surface area (Å²) in [7, 11) is 0. The molecule has 1 aromatic carbocycles. The van der Waals surface area contributed by atoms with Crippen LogP contribution >= 0.6 is 0 Å². The van der Waals surface area contributed by atoms with Gasteiger partial charge in [0.1, 0.15) is 24.6 Å². The number of esters is 1. The fraction of sp³-hybridized carbons (Fsp3) is 0.628. The number of nitrogens with zero attached hydrogens (tertiary/aromatic N) is 6. The summed E-state index contributed by atoms with van der Waals surface area (Å²) < 4.78 is 28.9. The third kappa shape index (κ3) is 11.4. The molecule has 13 heteroatoms. The molecule has 1 N–H and O–H groups in total. The molecule has 5 atom stereocenters. The summed E-state index contributed by atoms with van der Waals surface area (Å²) in [5.74, 6) is -1.31. The van der Waals surface area contributed by atoms with Crippen molar-refractivity contribution < 1.29 is 33.4 Å². The van der Waals surface area contributed by atoms with E-state index < -0.39 is 30.1 Å². The van der Waals surface area contributed by atoms with Gasteiger partial charge in [0.25, 0.3) is 0 Å². The number of aliphatic hydroxyl groups excluding tert-OH is 1. The molecular formula is C43H61FN6O6. The number of aromatic nitrogens is 2. The summed E-state index contributed by atoms with van der Waals surface area (Å²) in [6, 6.07) is 7.25. The van der Waals surface area contributed by atoms with E-state index in [2.05, 4.69) is 14.9 Å². The highest BCUT2D eigenvalue weighted by atomic mass is 19.1. The summed E-state index contributed by atoms with van der Waals surface area (Å²) in [4.78, 5) is 47.7. The number of halogens is 1. The van der Waals surface area contributed by atoms with Gasteiger partial charge < -0.3 is 29.3 Å². The fourth-order valence-electron chi connectivity index (χ4n) is 8.59. The number of carbonyl (C=O) groups is 3. The average Bonchev–Trinajstić information content (AvgIpc) is 3.55. The van der Waals surface area contributed by atoms with Crippen molar-refractivity contribution in [2.75, 3.05) is 57.3 Å². The van der Waals surface area contributed by atoms with Crippen molar-refractivity contribution in [1.82, 2.24) is 24.5 Å². The Morgan fingerprint density at radius 3 is 2.34 bits per heavy atom. The van der Waals surface area contributed by atoms with Crippen molar-refractivity contribution in [3.63, 3.8) is 0 Å². The van der Waals surface area contributed by atoms with E-state index in [0.29, 0.717) is 75.0 Å². The molecule has 2 aromatic rings. The molecule has 1 aliphatic carbocycles. The number of carbonyl (C=O) groups excluding carboxylic acids is 3. The van der Waals surface area contributed by atoms with E-state index in [1.54, 1.807) is 28.0 Å². The number of piperazine rings is 2. The molecule has 4 heterocycles. The van der Waals surface area contributed by atoms with E-state index in [4.69, 9.17) is 9.47 Å². The topological polar surface area (TPSA) is 121 Å². The maximum absolute atomic E-state index is 15.1. The monoisotopic (exact) mass is 776 g/mol. The number of anilines is 1. The standard InChI is InChI=1S/C43H61FN6O6/c1-31-11-13-38(51)29-41(53)56-42(32(2)12-14-39(31)55-43(54)49-23-19-46(20-24-49)36-9-6-4-5-7-10-36)33(3)25-34-26-35(44)28-37(27-34)47-17-21-48(22-18-47)40(52)30-50-16-8-15-45-50/h8,12,14-16,25-28,31-32,36,38-39,42,51H,4-7,9-11,13,17-24,29-30H2,1-3H3/b14-12-,33-25+/t31-,32-,38+,39-,42-/m0/s1. The van der Waals surface area contributed by atoms with E-state index in [1.165, 1.54) is 50.7 Å². The number of rotatable bonds is 7. The molecule has 1 aromatic heterocycles. The van der Waals surface area contributed by atoms with Gasteiger partial charge in [-0.05, 0) is 80.0 Å². The zero-order valence-electron chi connectivity index (χ0n) is 33.4. The Labute approximate surface area is 331 Å². The van der Waals surface area contributed by atoms with Gasteiger partial charge in [-0.3, -0.25) is 19.2 Å². The highest BCUT2D eigenvalue weighted by Gasteiger charge is 2.31. The molecule has 6 rings (SSSR count). The van der Waals surface area contributed by atoms with Crippen molar-refractivity contribution >= 4 is 29.7 Å². The van der Waals surface area contributed by atoms with Crippen LogP contribution in [0.2, 0.25) is 0 Å². The quantitative estimate of drug-likeness (QED) is 0.208. The average molecular weight is 777 g/mol. The van der Waals surface area contributed by atoms with E-state index in [0.717, 1.165) is 13.1 Å². The minimum Gasteiger partial charge on any atom is -0.457 e. The third-order valence-corrected chi connectivity index (χ3v) is 12.0. The Balaban J connectivity index is 1.11. The zero-order chi connectivity index (χ0) is 39.6. The summed E-state index contributed by atoms with van der Waals surface area (Å²) >= 11 is 0. The summed E-state index contributed by atoms with van der Waals surface area (Å²) in [5, 5.41) is 14.9. The summed E-state index contributed by atoms with van der Waals surface area (Å²) in [6.45, 7) is 11.1. The van der Waals surface area contributed by atoms with Crippen LogP contribution in [0.5, 0.6) is 0 Å². The molecular weight excluding hydrogens is 716 g/mol. The van der Waals surface area contributed by atoms with Gasteiger partial charge in [0.05, 0.1) is 12.5 Å². The first-order valence-electron chi connectivity index (χ1n) is 20.8. The molecule has 2 saturated heterocycles. The second kappa shape index (κ2) is 19.8. The van der Waals surface area contributed by atoms with Gasteiger partial charge in [-0.2, -0.15) is 5.10 Å². The number of amides is 2. The molecule has 56 heavy (non-hydrogen) atoms. The number of aliphatic hydroxyl groups is 1. The molecule has 0 bridgehead atoms. The van der Waals surface area contributed by atoms with Crippen LogP contribution in [0.25, 0.3) is 6.08 Å². The third-order valence-electron chi connectivity index (χ3n) is 12.0. The molecule has 3 aliphatic heterocycles. The number of hydrogen-bond acceptors (Lipinski definition) is 9. The van der Waals surface area contributed by atoms with Crippen LogP contribution in [-0.4, -0.2) is 124 Å². The predicted octanol–water partition coefficient (Wildman–Crippen LogP) is 5.90. The Kier molecular flexibility index (Phi) is 14.6. The SMILES string of the molecule is C/C(=C\c1cc(F)cc(N2CCN(C(=O)Cn3cccn3)CC2)c1)[C@H]1OC(=O)C[C@H](O)CC[C@H](C)[C@@H](OC(=O)N2CCN(C3CCCCCC3)CC2)/C=C\[C@@H]1C. The van der Waals surface area contributed by atoms with Crippen molar-refractivity contribution in [3.8, 4) is 0 Å². The maximum Gasteiger partial charge on any atom is 0.410 e. The smallest absolute Gasteiger partial charge is 0.410 e. The van der Waals surface area contributed by atoms with E-state index in [9.17, 15) is 19.5 Å². The normalized spacial score (nSPS) is 27.4. The number of hydrogen-bond donors (Lipinski definition) is 1. The second-order valence-corrected chi connectivity index (χ2v) is 16.3. The number of cyclic esters (lactones) is 1. The van der Waals surface area contributed by atoms with Crippen LogP contribution in [0.4, 0.5) is 14.9 Å². The van der Waals surface area contributed by atoms with E-state index in [-0.39, 0.29) is 36.8 Å². The lowest BCUT2D eigenvalue weighted by atomic mass is 9.91. The van der Waals surface area contributed by atoms with Crippen LogP contribution in [0.15, 0.2) is 54.4 Å². The van der Waals surface area contributed by atoms with Crippen molar-refractivity contribution in [2.24, 2.45) is 11.8 Å². The lowest BCUT2D eigenvalue weighted by molar-refractivity contribution is -0.151. The molecule has 0 spiro atoms.